The fraction of sp³-hybridized carbons (Fsp3) is 0.375. The van der Waals surface area contributed by atoms with E-state index in [2.05, 4.69) is 9.82 Å². The maximum Gasteiger partial charge on any atom is 0.147 e. The molecule has 0 atom stereocenters. The summed E-state index contributed by atoms with van der Waals surface area (Å²) < 4.78 is 13.1. The smallest absolute Gasteiger partial charge is 0.147 e. The second-order valence-electron chi connectivity index (χ2n) is 2.96. The van der Waals surface area contributed by atoms with Crippen molar-refractivity contribution < 1.29 is 9.23 Å². The first-order valence-electron chi connectivity index (χ1n) is 3.57. The first-order chi connectivity index (χ1) is 5.58. The summed E-state index contributed by atoms with van der Waals surface area (Å²) in [5, 5.41) is 0. The average Bonchev–Trinajstić information content (AvgIpc) is 2.05. The average molecular weight is 170 g/mol. The van der Waals surface area contributed by atoms with E-state index >= 15 is 0 Å². The molecule has 0 saturated heterocycles. The van der Waals surface area contributed by atoms with Crippen LogP contribution in [0.2, 0.25) is 0 Å². The first kappa shape index (κ1) is 9.09. The molecule has 0 fully saturated rings. The number of halogens is 1. The standard InChI is InChI=1S/C8H11FN2O/c1-8(2,12-10)7-6(9)4-3-5-11-7/h3-5H,10H2,1-2H3. The molecule has 0 spiro atoms. The minimum Gasteiger partial charge on any atom is -0.292 e. The third kappa shape index (κ3) is 1.60. The number of hydrogen-bond donors (Lipinski definition) is 1. The number of hydrogen-bond acceptors (Lipinski definition) is 3. The van der Waals surface area contributed by atoms with Gasteiger partial charge in [-0.25, -0.2) is 10.3 Å². The van der Waals surface area contributed by atoms with Crippen molar-refractivity contribution in [1.29, 1.82) is 0 Å². The molecule has 3 nitrogen and oxygen atoms in total. The number of nitrogens with two attached hydrogens (primary N) is 1. The van der Waals surface area contributed by atoms with Crippen LogP contribution >= 0.6 is 0 Å². The quantitative estimate of drug-likeness (QED) is 0.681. The van der Waals surface area contributed by atoms with E-state index in [9.17, 15) is 4.39 Å². The molecular weight excluding hydrogens is 159 g/mol. The van der Waals surface area contributed by atoms with Crippen LogP contribution in [0, 0.1) is 5.82 Å². The molecule has 12 heavy (non-hydrogen) atoms. The molecule has 0 amide bonds. The Labute approximate surface area is 70.3 Å². The summed E-state index contributed by atoms with van der Waals surface area (Å²) in [6.07, 6.45) is 1.50. The van der Waals surface area contributed by atoms with Gasteiger partial charge in [0.15, 0.2) is 0 Å². The second kappa shape index (κ2) is 3.16. The van der Waals surface area contributed by atoms with Gasteiger partial charge in [-0.1, -0.05) is 0 Å². The predicted molar refractivity (Wildman–Crippen MR) is 42.5 cm³/mol. The van der Waals surface area contributed by atoms with Crippen molar-refractivity contribution in [2.24, 2.45) is 5.90 Å². The van der Waals surface area contributed by atoms with Gasteiger partial charge in [-0.2, -0.15) is 0 Å². The minimum atomic E-state index is -0.884. The van der Waals surface area contributed by atoms with Crippen molar-refractivity contribution in [3.05, 3.63) is 29.8 Å². The molecule has 0 aliphatic carbocycles. The maximum atomic E-state index is 13.1. The van der Waals surface area contributed by atoms with E-state index in [0.717, 1.165) is 0 Å². The Morgan fingerprint density at radius 2 is 2.25 bits per heavy atom. The molecule has 1 heterocycles. The minimum absolute atomic E-state index is 0.215. The summed E-state index contributed by atoms with van der Waals surface area (Å²) in [5.74, 6) is 4.59. The second-order valence-corrected chi connectivity index (χ2v) is 2.96. The van der Waals surface area contributed by atoms with Crippen LogP contribution in [0.15, 0.2) is 18.3 Å². The molecule has 0 aromatic carbocycles. The van der Waals surface area contributed by atoms with Crippen molar-refractivity contribution in [2.75, 3.05) is 0 Å². The Hall–Kier alpha value is -1.00. The van der Waals surface area contributed by atoms with E-state index in [0.29, 0.717) is 0 Å². The van der Waals surface area contributed by atoms with Gasteiger partial charge in [-0.15, -0.1) is 0 Å². The van der Waals surface area contributed by atoms with Gasteiger partial charge in [-0.3, -0.25) is 9.82 Å². The lowest BCUT2D eigenvalue weighted by Crippen LogP contribution is -2.27. The highest BCUT2D eigenvalue weighted by Gasteiger charge is 2.25. The van der Waals surface area contributed by atoms with Crippen LogP contribution in [0.3, 0.4) is 0 Å². The Bertz CT molecular complexity index is 276. The summed E-state index contributed by atoms with van der Waals surface area (Å²) in [7, 11) is 0. The van der Waals surface area contributed by atoms with Crippen LogP contribution in [0.1, 0.15) is 19.5 Å². The molecule has 1 rings (SSSR count). The number of pyridine rings is 1. The lowest BCUT2D eigenvalue weighted by molar-refractivity contribution is -0.0294. The SMILES string of the molecule is CC(C)(ON)c1ncccc1F. The zero-order valence-electron chi connectivity index (χ0n) is 7.04. The van der Waals surface area contributed by atoms with Gasteiger partial charge < -0.3 is 0 Å². The van der Waals surface area contributed by atoms with Crippen LogP contribution in [0.25, 0.3) is 0 Å². The molecule has 0 unspecified atom stereocenters. The summed E-state index contributed by atoms with van der Waals surface area (Å²) in [5.41, 5.74) is -0.668. The van der Waals surface area contributed by atoms with E-state index in [4.69, 9.17) is 5.90 Å². The fourth-order valence-electron chi connectivity index (χ4n) is 0.885. The highest BCUT2D eigenvalue weighted by atomic mass is 19.1. The summed E-state index contributed by atoms with van der Waals surface area (Å²) in [6, 6.07) is 2.84. The molecule has 2 N–H and O–H groups in total. The molecular formula is C8H11FN2O. The van der Waals surface area contributed by atoms with Gasteiger partial charge in [0.1, 0.15) is 17.1 Å². The molecule has 66 valence electrons. The number of rotatable bonds is 2. The molecule has 0 bridgehead atoms. The van der Waals surface area contributed by atoms with Crippen LogP contribution in [0.4, 0.5) is 4.39 Å². The Kier molecular flexibility index (Phi) is 2.40. The third-order valence-electron chi connectivity index (χ3n) is 1.62. The van der Waals surface area contributed by atoms with Crippen LogP contribution < -0.4 is 5.90 Å². The summed E-state index contributed by atoms with van der Waals surface area (Å²) >= 11 is 0. The van der Waals surface area contributed by atoms with Crippen molar-refractivity contribution in [3.8, 4) is 0 Å². The third-order valence-corrected chi connectivity index (χ3v) is 1.62. The van der Waals surface area contributed by atoms with Crippen LogP contribution in [-0.2, 0) is 10.4 Å². The largest absolute Gasteiger partial charge is 0.292 e. The normalized spacial score (nSPS) is 11.7. The molecule has 4 heteroatoms. The van der Waals surface area contributed by atoms with Gasteiger partial charge in [0.05, 0.1) is 0 Å². The van der Waals surface area contributed by atoms with E-state index < -0.39 is 11.4 Å². The monoisotopic (exact) mass is 170 g/mol. The number of aromatic nitrogens is 1. The van der Waals surface area contributed by atoms with Gasteiger partial charge in [0.25, 0.3) is 0 Å². The van der Waals surface area contributed by atoms with Gasteiger partial charge in [0, 0.05) is 6.20 Å². The summed E-state index contributed by atoms with van der Waals surface area (Å²) in [4.78, 5) is 8.44. The van der Waals surface area contributed by atoms with E-state index in [1.54, 1.807) is 13.8 Å². The van der Waals surface area contributed by atoms with Crippen LogP contribution in [-0.4, -0.2) is 4.98 Å². The van der Waals surface area contributed by atoms with E-state index in [1.807, 2.05) is 0 Å². The van der Waals surface area contributed by atoms with Crippen molar-refractivity contribution in [1.82, 2.24) is 4.98 Å². The molecule has 0 aliphatic rings. The van der Waals surface area contributed by atoms with Crippen LogP contribution in [0.5, 0.6) is 0 Å². The predicted octanol–water partition coefficient (Wildman–Crippen LogP) is 1.35. The Balaban J connectivity index is 3.10. The number of nitrogens with zero attached hydrogens (tertiary/aromatic N) is 1. The van der Waals surface area contributed by atoms with Gasteiger partial charge in [0.2, 0.25) is 0 Å². The molecule has 0 radical (unpaired) electrons. The Morgan fingerprint density at radius 1 is 1.58 bits per heavy atom. The van der Waals surface area contributed by atoms with E-state index in [1.165, 1.54) is 18.3 Å². The molecule has 1 aromatic rings. The highest BCUT2D eigenvalue weighted by molar-refractivity contribution is 5.13. The van der Waals surface area contributed by atoms with Crippen molar-refractivity contribution in [3.63, 3.8) is 0 Å². The van der Waals surface area contributed by atoms with Gasteiger partial charge in [-0.05, 0) is 26.0 Å². The first-order valence-corrected chi connectivity index (χ1v) is 3.57. The molecule has 0 saturated carbocycles. The van der Waals surface area contributed by atoms with Crippen molar-refractivity contribution >= 4 is 0 Å². The van der Waals surface area contributed by atoms with Gasteiger partial charge >= 0.3 is 0 Å². The lowest BCUT2D eigenvalue weighted by atomic mass is 10.0. The topological polar surface area (TPSA) is 48.1 Å². The zero-order valence-corrected chi connectivity index (χ0v) is 7.04. The highest BCUT2D eigenvalue weighted by Crippen LogP contribution is 2.22. The lowest BCUT2D eigenvalue weighted by Gasteiger charge is -2.20. The Morgan fingerprint density at radius 3 is 2.75 bits per heavy atom. The van der Waals surface area contributed by atoms with Crippen molar-refractivity contribution in [2.45, 2.75) is 19.4 Å². The molecule has 1 aromatic heterocycles. The summed E-state index contributed by atoms with van der Waals surface area (Å²) in [6.45, 7) is 3.30. The van der Waals surface area contributed by atoms with E-state index in [-0.39, 0.29) is 5.69 Å². The zero-order chi connectivity index (χ0) is 9.19. The fourth-order valence-corrected chi connectivity index (χ4v) is 0.885. The maximum absolute atomic E-state index is 13.1. The molecule has 0 aliphatic heterocycles.